The lowest BCUT2D eigenvalue weighted by Gasteiger charge is -2.30. The topological polar surface area (TPSA) is 92.2 Å². The summed E-state index contributed by atoms with van der Waals surface area (Å²) in [6, 6.07) is 3.76. The lowest BCUT2D eigenvalue weighted by Crippen LogP contribution is -2.36. The highest BCUT2D eigenvalue weighted by molar-refractivity contribution is 6.32. The lowest BCUT2D eigenvalue weighted by molar-refractivity contribution is 0.342. The van der Waals surface area contributed by atoms with E-state index in [1.165, 1.54) is 0 Å². The van der Waals surface area contributed by atoms with Gasteiger partial charge in [-0.15, -0.1) is 17.5 Å². The van der Waals surface area contributed by atoms with Crippen LogP contribution in [-0.4, -0.2) is 36.4 Å². The smallest absolute Gasteiger partial charge is 0.434 e. The minimum atomic E-state index is -0.602. The van der Waals surface area contributed by atoms with Gasteiger partial charge in [0.25, 0.3) is 0 Å². The predicted octanol–water partition coefficient (Wildman–Crippen LogP) is 2.91. The Labute approximate surface area is 156 Å². The minimum absolute atomic E-state index is 0. The van der Waals surface area contributed by atoms with Crippen LogP contribution in [0.3, 0.4) is 0 Å². The van der Waals surface area contributed by atoms with E-state index in [-0.39, 0.29) is 24.3 Å². The highest BCUT2D eigenvalue weighted by atomic mass is 35.5. The molecule has 2 aromatic rings. The first-order valence-electron chi connectivity index (χ1n) is 7.99. The number of anilines is 1. The Bertz CT molecular complexity index is 756. The zero-order valence-electron chi connectivity index (χ0n) is 14.1. The first-order chi connectivity index (χ1) is 11.6. The van der Waals surface area contributed by atoms with Crippen LogP contribution in [0.25, 0.3) is 11.5 Å². The maximum Gasteiger partial charge on any atom is 0.434 e. The van der Waals surface area contributed by atoms with Crippen LogP contribution in [0.5, 0.6) is 5.75 Å². The zero-order chi connectivity index (χ0) is 17.1. The van der Waals surface area contributed by atoms with Gasteiger partial charge in [0, 0.05) is 11.6 Å². The van der Waals surface area contributed by atoms with Gasteiger partial charge in [0.1, 0.15) is 0 Å². The van der Waals surface area contributed by atoms with E-state index in [1.807, 2.05) is 6.07 Å². The molecule has 0 amide bonds. The second kappa shape index (κ2) is 8.60. The molecule has 0 aliphatic carbocycles. The normalized spacial score (nSPS) is 16.1. The van der Waals surface area contributed by atoms with Crippen molar-refractivity contribution < 1.29 is 9.15 Å². The van der Waals surface area contributed by atoms with Crippen LogP contribution in [0, 0.1) is 5.92 Å². The van der Waals surface area contributed by atoms with E-state index in [4.69, 9.17) is 20.8 Å². The number of hydrogen-bond donors (Lipinski definition) is 3. The summed E-state index contributed by atoms with van der Waals surface area (Å²) < 4.78 is 10.4. The Hall–Kier alpha value is -1.70. The van der Waals surface area contributed by atoms with Crippen LogP contribution >= 0.6 is 24.0 Å². The zero-order valence-corrected chi connectivity index (χ0v) is 15.7. The molecule has 1 unspecified atom stereocenters. The van der Waals surface area contributed by atoms with Crippen LogP contribution in [-0.2, 0) is 0 Å². The first kappa shape index (κ1) is 19.6. The second-order valence-corrected chi connectivity index (χ2v) is 6.38. The van der Waals surface area contributed by atoms with Gasteiger partial charge in [0.15, 0.2) is 5.75 Å². The first-order valence-corrected chi connectivity index (χ1v) is 8.37. The maximum atomic E-state index is 11.2. The number of halogens is 2. The van der Waals surface area contributed by atoms with Gasteiger partial charge in [0.2, 0.25) is 5.89 Å². The molecule has 3 rings (SSSR count). The molecule has 1 aromatic carbocycles. The number of methoxy groups -OCH3 is 1. The summed E-state index contributed by atoms with van der Waals surface area (Å²) in [6.07, 6.45) is 2.25. The average Bonchev–Trinajstić information content (AvgIpc) is 3.02. The highest BCUT2D eigenvalue weighted by Gasteiger charge is 2.22. The number of aromatic nitrogens is 2. The molecule has 1 aromatic heterocycles. The van der Waals surface area contributed by atoms with Crippen molar-refractivity contribution >= 4 is 29.7 Å². The number of piperidine rings is 1. The van der Waals surface area contributed by atoms with Crippen molar-refractivity contribution in [3.8, 4) is 17.2 Å². The molecule has 1 atom stereocenters. The van der Waals surface area contributed by atoms with Crippen molar-refractivity contribution in [2.75, 3.05) is 25.5 Å². The van der Waals surface area contributed by atoms with Crippen molar-refractivity contribution in [3.05, 3.63) is 27.7 Å². The predicted molar refractivity (Wildman–Crippen MR) is 100 cm³/mol. The van der Waals surface area contributed by atoms with Gasteiger partial charge >= 0.3 is 5.76 Å². The van der Waals surface area contributed by atoms with Gasteiger partial charge in [-0.05, 0) is 50.9 Å². The van der Waals surface area contributed by atoms with E-state index in [1.54, 1.807) is 13.2 Å². The summed E-state index contributed by atoms with van der Waals surface area (Å²) in [4.78, 5) is 11.2. The summed E-state index contributed by atoms with van der Waals surface area (Å²) in [5.74, 6) is 0.734. The van der Waals surface area contributed by atoms with E-state index in [9.17, 15) is 4.79 Å². The molecule has 0 radical (unpaired) electrons. The molecule has 1 aliphatic heterocycles. The number of aromatic amines is 1. The van der Waals surface area contributed by atoms with Crippen LogP contribution in [0.1, 0.15) is 19.8 Å². The number of nitrogens with zero attached hydrogens (tertiary/aromatic N) is 1. The number of benzene rings is 1. The van der Waals surface area contributed by atoms with Crippen molar-refractivity contribution in [2.45, 2.75) is 25.8 Å². The van der Waals surface area contributed by atoms with Gasteiger partial charge in [-0.2, -0.15) is 0 Å². The number of hydrogen-bond acceptors (Lipinski definition) is 6. The molecule has 3 N–H and O–H groups in total. The molecule has 1 fully saturated rings. The van der Waals surface area contributed by atoms with E-state index >= 15 is 0 Å². The van der Waals surface area contributed by atoms with Crippen molar-refractivity contribution in [2.24, 2.45) is 5.92 Å². The molecule has 1 aliphatic rings. The van der Waals surface area contributed by atoms with Gasteiger partial charge in [-0.25, -0.2) is 9.89 Å². The van der Waals surface area contributed by atoms with E-state index < -0.39 is 5.76 Å². The second-order valence-electron chi connectivity index (χ2n) is 5.98. The van der Waals surface area contributed by atoms with Gasteiger partial charge in [-0.3, -0.25) is 0 Å². The number of ether oxygens (including phenoxy) is 1. The Morgan fingerprint density at radius 3 is 2.72 bits per heavy atom. The van der Waals surface area contributed by atoms with Gasteiger partial charge in [0.05, 0.1) is 17.8 Å². The maximum absolute atomic E-state index is 11.2. The monoisotopic (exact) mass is 388 g/mol. The fraction of sp³-hybridized carbons (Fsp3) is 0.500. The largest absolute Gasteiger partial charge is 0.493 e. The third-order valence-corrected chi connectivity index (χ3v) is 4.69. The third-order valence-electron chi connectivity index (χ3n) is 4.41. The molecule has 1 saturated heterocycles. The van der Waals surface area contributed by atoms with Crippen LogP contribution in [0.4, 0.5) is 5.69 Å². The third kappa shape index (κ3) is 4.48. The Morgan fingerprint density at radius 1 is 1.40 bits per heavy atom. The van der Waals surface area contributed by atoms with Crippen LogP contribution in [0.15, 0.2) is 21.3 Å². The average molecular weight is 389 g/mol. The molecule has 7 nitrogen and oxygen atoms in total. The molecule has 0 bridgehead atoms. The van der Waals surface area contributed by atoms with Crippen molar-refractivity contribution in [1.82, 2.24) is 15.5 Å². The number of H-pyrrole nitrogens is 1. The molecule has 2 heterocycles. The summed E-state index contributed by atoms with van der Waals surface area (Å²) >= 11 is 6.33. The van der Waals surface area contributed by atoms with E-state index in [0.717, 1.165) is 31.6 Å². The molecular weight excluding hydrogens is 367 g/mol. The fourth-order valence-electron chi connectivity index (χ4n) is 3.09. The molecule has 138 valence electrons. The van der Waals surface area contributed by atoms with Gasteiger partial charge < -0.3 is 19.8 Å². The number of nitrogens with one attached hydrogen (secondary N) is 3. The van der Waals surface area contributed by atoms with Crippen molar-refractivity contribution in [3.63, 3.8) is 0 Å². The minimum Gasteiger partial charge on any atom is -0.493 e. The lowest BCUT2D eigenvalue weighted by atomic mass is 9.91. The van der Waals surface area contributed by atoms with Gasteiger partial charge in [-0.1, -0.05) is 11.6 Å². The quantitative estimate of drug-likeness (QED) is 0.728. The standard InChI is InChI=1S/C16H21ClN4O3.ClH/c1-9(10-3-5-18-6-4-10)19-13-8-11(7-12(17)14(13)23-2)15-20-21-16(22)24-15;/h7-10,18-19H,3-6H2,1-2H3,(H,21,22);1H. The Balaban J connectivity index is 0.00000225. The molecular formula is C16H22Cl2N4O3. The summed E-state index contributed by atoms with van der Waals surface area (Å²) in [6.45, 7) is 4.23. The summed E-state index contributed by atoms with van der Waals surface area (Å²) in [5.41, 5.74) is 1.37. The highest BCUT2D eigenvalue weighted by Crippen LogP contribution is 2.38. The summed E-state index contributed by atoms with van der Waals surface area (Å²) in [7, 11) is 1.58. The van der Waals surface area contributed by atoms with E-state index in [2.05, 4.69) is 27.8 Å². The Kier molecular flexibility index (Phi) is 6.75. The number of rotatable bonds is 5. The van der Waals surface area contributed by atoms with E-state index in [0.29, 0.717) is 22.3 Å². The SMILES string of the molecule is COc1c(Cl)cc(-c2n[nH]c(=O)o2)cc1NC(C)C1CCNCC1.Cl. The molecule has 0 spiro atoms. The van der Waals surface area contributed by atoms with Crippen LogP contribution in [0.2, 0.25) is 5.02 Å². The summed E-state index contributed by atoms with van der Waals surface area (Å²) in [5, 5.41) is 13.4. The Morgan fingerprint density at radius 2 is 2.12 bits per heavy atom. The molecule has 0 saturated carbocycles. The fourth-order valence-corrected chi connectivity index (χ4v) is 3.39. The molecule has 25 heavy (non-hydrogen) atoms. The van der Waals surface area contributed by atoms with Crippen molar-refractivity contribution in [1.29, 1.82) is 0 Å². The van der Waals surface area contributed by atoms with Crippen LogP contribution < -0.4 is 21.1 Å². The molecule has 9 heteroatoms.